The second-order valence-corrected chi connectivity index (χ2v) is 9.46. The van der Waals surface area contributed by atoms with Gasteiger partial charge in [-0.3, -0.25) is 9.59 Å². The van der Waals surface area contributed by atoms with E-state index in [4.69, 9.17) is 14.2 Å². The molecule has 0 aliphatic heterocycles. The lowest BCUT2D eigenvalue weighted by Gasteiger charge is -2.32. The molecule has 3 saturated carbocycles. The summed E-state index contributed by atoms with van der Waals surface area (Å²) in [7, 11) is 0. The number of fused-ring (bicyclic) bond motifs is 2. The van der Waals surface area contributed by atoms with Crippen molar-refractivity contribution >= 4 is 23.9 Å². The topological polar surface area (TPSA) is 120 Å². The first-order chi connectivity index (χ1) is 14.0. The average molecular weight is 424 g/mol. The molecule has 3 aliphatic rings. The first-order valence-electron chi connectivity index (χ1n) is 10.6. The van der Waals surface area contributed by atoms with Crippen LogP contribution in [0.25, 0.3) is 0 Å². The van der Waals surface area contributed by atoms with Gasteiger partial charge in [-0.1, -0.05) is 0 Å². The fourth-order valence-electron chi connectivity index (χ4n) is 5.09. The first-order valence-corrected chi connectivity index (χ1v) is 10.6. The van der Waals surface area contributed by atoms with Crippen LogP contribution < -0.4 is 10.6 Å². The van der Waals surface area contributed by atoms with Crippen LogP contribution in [0.1, 0.15) is 53.9 Å². The molecule has 3 rings (SSSR count). The van der Waals surface area contributed by atoms with Crippen LogP contribution in [0, 0.1) is 23.2 Å². The number of hydrogen-bond acceptors (Lipinski definition) is 7. The summed E-state index contributed by atoms with van der Waals surface area (Å²) in [4.78, 5) is 50.0. The lowest BCUT2D eigenvalue weighted by molar-refractivity contribution is -0.156. The average Bonchev–Trinajstić information content (AvgIpc) is 3.51. The number of carbonyl (C=O) groups is 4. The Hall–Kier alpha value is -2.32. The standard InChI is InChI=1S/C21H32N2O7/c1-6-28-16(25)13-14-15(13)21(17(26)29-7-2,11-20(14)8-9-20)23-12(24)10-22-18(27)30-19(3,4)5/h13-15H,6-11H2,1-5H3,(H,22,27)(H,23,24)/t13-,14-,15+,21-/m0/s1. The van der Waals surface area contributed by atoms with Crippen LogP contribution in [0.4, 0.5) is 4.79 Å². The maximum atomic E-state index is 13.0. The molecule has 0 aromatic carbocycles. The SMILES string of the molecule is CCOC(=O)[C@H]1[C@H]2[C@@H]1[C@](NC(=O)CNC(=O)OC(C)(C)C)(C(=O)OCC)CC21CC1. The van der Waals surface area contributed by atoms with E-state index in [0.717, 1.165) is 12.8 Å². The molecule has 0 saturated heterocycles. The molecule has 0 bridgehead atoms. The molecule has 3 fully saturated rings. The van der Waals surface area contributed by atoms with Gasteiger partial charge in [0.2, 0.25) is 5.91 Å². The van der Waals surface area contributed by atoms with E-state index in [2.05, 4.69) is 10.6 Å². The molecule has 0 radical (unpaired) electrons. The van der Waals surface area contributed by atoms with Crippen LogP contribution in [0.2, 0.25) is 0 Å². The summed E-state index contributed by atoms with van der Waals surface area (Å²) in [6, 6.07) is 0. The van der Waals surface area contributed by atoms with E-state index in [1.807, 2.05) is 0 Å². The highest BCUT2D eigenvalue weighted by atomic mass is 16.6. The Morgan fingerprint density at radius 2 is 1.63 bits per heavy atom. The monoisotopic (exact) mass is 424 g/mol. The van der Waals surface area contributed by atoms with Gasteiger partial charge in [-0.15, -0.1) is 0 Å². The van der Waals surface area contributed by atoms with E-state index in [9.17, 15) is 19.2 Å². The van der Waals surface area contributed by atoms with Crippen molar-refractivity contribution < 1.29 is 33.4 Å². The molecule has 1 spiro atoms. The molecular formula is C21H32N2O7. The molecule has 9 nitrogen and oxygen atoms in total. The second-order valence-electron chi connectivity index (χ2n) is 9.46. The zero-order chi connectivity index (χ0) is 22.3. The third kappa shape index (κ3) is 4.11. The summed E-state index contributed by atoms with van der Waals surface area (Å²) >= 11 is 0. The van der Waals surface area contributed by atoms with Crippen molar-refractivity contribution in [3.05, 3.63) is 0 Å². The number of alkyl carbamates (subject to hydrolysis) is 1. The van der Waals surface area contributed by atoms with Gasteiger partial charge in [-0.2, -0.15) is 0 Å². The number of rotatable bonds is 7. The van der Waals surface area contributed by atoms with Gasteiger partial charge in [-0.25, -0.2) is 9.59 Å². The fraction of sp³-hybridized carbons (Fsp3) is 0.810. The van der Waals surface area contributed by atoms with Gasteiger partial charge < -0.3 is 24.8 Å². The van der Waals surface area contributed by atoms with Crippen LogP contribution in [0.5, 0.6) is 0 Å². The van der Waals surface area contributed by atoms with Crippen molar-refractivity contribution in [2.75, 3.05) is 19.8 Å². The predicted molar refractivity (Wildman–Crippen MR) is 105 cm³/mol. The Kier molecular flexibility index (Phi) is 5.77. The number of esters is 2. The van der Waals surface area contributed by atoms with Crippen molar-refractivity contribution in [1.29, 1.82) is 0 Å². The number of nitrogens with one attached hydrogen (secondary N) is 2. The van der Waals surface area contributed by atoms with E-state index in [1.54, 1.807) is 34.6 Å². The molecule has 0 unspecified atom stereocenters. The Balaban J connectivity index is 1.74. The van der Waals surface area contributed by atoms with Gasteiger partial charge >= 0.3 is 18.0 Å². The van der Waals surface area contributed by atoms with Crippen molar-refractivity contribution in [2.24, 2.45) is 23.2 Å². The van der Waals surface area contributed by atoms with Crippen molar-refractivity contribution in [3.8, 4) is 0 Å². The summed E-state index contributed by atoms with van der Waals surface area (Å²) in [5.41, 5.74) is -2.09. The molecule has 4 atom stereocenters. The number of carbonyl (C=O) groups excluding carboxylic acids is 4. The quantitative estimate of drug-likeness (QED) is 0.470. The predicted octanol–water partition coefficient (Wildman–Crippen LogP) is 1.54. The fourth-order valence-corrected chi connectivity index (χ4v) is 5.09. The Labute approximate surface area is 176 Å². The maximum Gasteiger partial charge on any atom is 0.408 e. The van der Waals surface area contributed by atoms with Crippen LogP contribution in [0.3, 0.4) is 0 Å². The summed E-state index contributed by atoms with van der Waals surface area (Å²) in [5, 5.41) is 5.22. The zero-order valence-corrected chi connectivity index (χ0v) is 18.3. The van der Waals surface area contributed by atoms with Gasteiger partial charge in [0, 0.05) is 5.92 Å². The van der Waals surface area contributed by atoms with E-state index in [1.165, 1.54) is 0 Å². The second kappa shape index (κ2) is 7.74. The van der Waals surface area contributed by atoms with Crippen LogP contribution in [0.15, 0.2) is 0 Å². The van der Waals surface area contributed by atoms with Crippen molar-refractivity contribution in [1.82, 2.24) is 10.6 Å². The molecule has 2 N–H and O–H groups in total. The number of amides is 2. The highest BCUT2D eigenvalue weighted by molar-refractivity contribution is 5.93. The maximum absolute atomic E-state index is 13.0. The molecule has 0 aromatic heterocycles. The minimum atomic E-state index is -1.28. The van der Waals surface area contributed by atoms with Gasteiger partial charge in [-0.05, 0) is 65.2 Å². The third-order valence-corrected chi connectivity index (χ3v) is 6.17. The summed E-state index contributed by atoms with van der Waals surface area (Å²) in [6.45, 7) is 8.69. The molecule has 30 heavy (non-hydrogen) atoms. The lowest BCUT2D eigenvalue weighted by atomic mass is 9.84. The minimum Gasteiger partial charge on any atom is -0.466 e. The molecule has 0 aromatic rings. The number of hydrogen-bond donors (Lipinski definition) is 2. The van der Waals surface area contributed by atoms with Gasteiger partial charge in [0.1, 0.15) is 17.7 Å². The Bertz CT molecular complexity index is 740. The highest BCUT2D eigenvalue weighted by Crippen LogP contribution is 2.79. The van der Waals surface area contributed by atoms with E-state index in [-0.39, 0.29) is 43.0 Å². The van der Waals surface area contributed by atoms with Gasteiger partial charge in [0.05, 0.1) is 19.1 Å². The Morgan fingerprint density at radius 1 is 1.00 bits per heavy atom. The number of ether oxygens (including phenoxy) is 3. The zero-order valence-electron chi connectivity index (χ0n) is 18.3. The molecule has 9 heteroatoms. The molecule has 0 heterocycles. The largest absolute Gasteiger partial charge is 0.466 e. The van der Waals surface area contributed by atoms with Crippen LogP contribution in [-0.4, -0.2) is 54.8 Å². The minimum absolute atomic E-state index is 0.0140. The van der Waals surface area contributed by atoms with E-state index >= 15 is 0 Å². The van der Waals surface area contributed by atoms with Crippen molar-refractivity contribution in [3.63, 3.8) is 0 Å². The summed E-state index contributed by atoms with van der Waals surface area (Å²) in [5.74, 6) is -2.12. The smallest absolute Gasteiger partial charge is 0.408 e. The summed E-state index contributed by atoms with van der Waals surface area (Å²) < 4.78 is 15.7. The summed E-state index contributed by atoms with van der Waals surface area (Å²) in [6.07, 6.45) is 1.55. The molecule has 3 aliphatic carbocycles. The highest BCUT2D eigenvalue weighted by Gasteiger charge is 2.83. The third-order valence-electron chi connectivity index (χ3n) is 6.17. The van der Waals surface area contributed by atoms with E-state index < -0.39 is 35.0 Å². The van der Waals surface area contributed by atoms with E-state index in [0.29, 0.717) is 6.42 Å². The van der Waals surface area contributed by atoms with Gasteiger partial charge in [0.25, 0.3) is 0 Å². The molecular weight excluding hydrogens is 392 g/mol. The first kappa shape index (κ1) is 22.4. The normalized spacial score (nSPS) is 30.1. The molecule has 2 amide bonds. The van der Waals surface area contributed by atoms with Crippen molar-refractivity contribution in [2.45, 2.75) is 65.0 Å². The van der Waals surface area contributed by atoms with Crippen LogP contribution >= 0.6 is 0 Å². The Morgan fingerprint density at radius 3 is 2.17 bits per heavy atom. The lowest BCUT2D eigenvalue weighted by Crippen LogP contribution is -2.59. The van der Waals surface area contributed by atoms with Gasteiger partial charge in [0.15, 0.2) is 0 Å². The van der Waals surface area contributed by atoms with Crippen LogP contribution in [-0.2, 0) is 28.6 Å². The molecule has 168 valence electrons.